The van der Waals surface area contributed by atoms with Crippen LogP contribution in [0.5, 0.6) is 0 Å². The lowest BCUT2D eigenvalue weighted by Crippen LogP contribution is -2.15. The van der Waals surface area contributed by atoms with Crippen molar-refractivity contribution in [2.75, 3.05) is 6.61 Å². The Balaban J connectivity index is 2.57. The lowest BCUT2D eigenvalue weighted by Gasteiger charge is -2.16. The predicted molar refractivity (Wildman–Crippen MR) is 68.4 cm³/mol. The van der Waals surface area contributed by atoms with Crippen LogP contribution in [0.3, 0.4) is 0 Å². The summed E-state index contributed by atoms with van der Waals surface area (Å²) in [5.74, 6) is -0.579. The normalized spacial score (nSPS) is 16.0. The van der Waals surface area contributed by atoms with Crippen molar-refractivity contribution in [1.29, 1.82) is 0 Å². The molecule has 0 aliphatic rings. The third kappa shape index (κ3) is 2.42. The molecule has 4 nitrogen and oxygen atoms in total. The number of aromatic nitrogens is 2. The Morgan fingerprint density at radius 3 is 2.89 bits per heavy atom. The third-order valence-electron chi connectivity index (χ3n) is 2.50. The van der Waals surface area contributed by atoms with Gasteiger partial charge < -0.3 is 9.30 Å². The Bertz CT molecular complexity index is 731. The molecule has 0 amide bonds. The minimum atomic E-state index is -0.675. The lowest BCUT2D eigenvalue weighted by molar-refractivity contribution is 0.0512. The number of nitrogens with zero attached hydrogens (tertiary/aromatic N) is 2. The highest BCUT2D eigenvalue weighted by atomic mass is 16.5. The van der Waals surface area contributed by atoms with E-state index in [1.165, 1.54) is 17.1 Å². The maximum absolute atomic E-state index is 11.9. The molecule has 0 saturated carbocycles. The first-order valence-electron chi connectivity index (χ1n) is 8.07. The molecule has 1 aromatic carbocycles. The number of hydrogen-bond donors (Lipinski definition) is 0. The highest BCUT2D eigenvalue weighted by Gasteiger charge is 2.17. The molecule has 0 aliphatic heterocycles. The second kappa shape index (κ2) is 5.49. The van der Waals surface area contributed by atoms with Crippen LogP contribution in [0.25, 0.3) is 0 Å². The predicted octanol–water partition coefficient (Wildman–Crippen LogP) is 2.67. The molecule has 0 saturated heterocycles. The molecule has 0 spiro atoms. The zero-order chi connectivity index (χ0) is 17.3. The van der Waals surface area contributed by atoms with Crippen molar-refractivity contribution < 1.29 is 16.4 Å². The van der Waals surface area contributed by atoms with Crippen LogP contribution in [-0.4, -0.2) is 22.1 Å². The monoisotopic (exact) mass is 249 g/mol. The SMILES string of the molecule is [2H]c1c([2H])c([2H])c([C@@H](C)n2cncc2C(=O)OCC)c([2H])c1[2H]. The fraction of sp³-hybridized carbons (Fsp3) is 0.286. The van der Waals surface area contributed by atoms with Crippen molar-refractivity contribution in [3.05, 3.63) is 54.0 Å². The summed E-state index contributed by atoms with van der Waals surface area (Å²) in [6.45, 7) is 3.52. The number of imidazole rings is 1. The van der Waals surface area contributed by atoms with Gasteiger partial charge in [-0.1, -0.05) is 30.2 Å². The highest BCUT2D eigenvalue weighted by molar-refractivity contribution is 5.87. The zero-order valence-corrected chi connectivity index (χ0v) is 10.2. The molecule has 2 aromatic rings. The minimum absolute atomic E-state index is 0.0968. The van der Waals surface area contributed by atoms with Crippen molar-refractivity contribution >= 4 is 5.97 Å². The van der Waals surface area contributed by atoms with E-state index in [2.05, 4.69) is 4.98 Å². The van der Waals surface area contributed by atoms with E-state index in [9.17, 15) is 4.79 Å². The third-order valence-corrected chi connectivity index (χ3v) is 2.50. The van der Waals surface area contributed by atoms with Gasteiger partial charge >= 0.3 is 5.97 Å². The number of hydrogen-bond acceptors (Lipinski definition) is 3. The number of rotatable bonds is 4. The molecule has 2 rings (SSSR count). The summed E-state index contributed by atoms with van der Waals surface area (Å²) in [5, 5.41) is 0. The van der Waals surface area contributed by atoms with Gasteiger partial charge in [0.2, 0.25) is 0 Å². The van der Waals surface area contributed by atoms with Crippen molar-refractivity contribution in [2.45, 2.75) is 19.9 Å². The van der Waals surface area contributed by atoms with Crippen LogP contribution < -0.4 is 0 Å². The average Bonchev–Trinajstić information content (AvgIpc) is 3.01. The van der Waals surface area contributed by atoms with Crippen LogP contribution in [0.1, 0.15) is 42.8 Å². The number of benzene rings is 1. The molecular weight excluding hydrogens is 228 g/mol. The van der Waals surface area contributed by atoms with Gasteiger partial charge in [0, 0.05) is 0 Å². The largest absolute Gasteiger partial charge is 0.461 e. The second-order valence-electron chi connectivity index (χ2n) is 3.62. The van der Waals surface area contributed by atoms with Crippen LogP contribution in [-0.2, 0) is 4.74 Å². The maximum Gasteiger partial charge on any atom is 0.356 e. The Labute approximate surface area is 113 Å². The van der Waals surface area contributed by atoms with E-state index in [4.69, 9.17) is 11.6 Å². The van der Waals surface area contributed by atoms with Gasteiger partial charge in [-0.3, -0.25) is 0 Å². The van der Waals surface area contributed by atoms with Crippen LogP contribution in [0.4, 0.5) is 0 Å². The van der Waals surface area contributed by atoms with Crippen LogP contribution in [0.15, 0.2) is 42.7 Å². The van der Waals surface area contributed by atoms with Gasteiger partial charge in [0.15, 0.2) is 0 Å². The Kier molecular flexibility index (Phi) is 2.24. The summed E-state index contributed by atoms with van der Waals surface area (Å²) in [7, 11) is 0. The maximum atomic E-state index is 11.9. The number of esters is 1. The fourth-order valence-corrected chi connectivity index (χ4v) is 1.58. The zero-order valence-electron chi connectivity index (χ0n) is 15.2. The molecule has 0 fully saturated rings. The molecule has 4 heteroatoms. The lowest BCUT2D eigenvalue weighted by atomic mass is 10.1. The van der Waals surface area contributed by atoms with Gasteiger partial charge in [-0.2, -0.15) is 0 Å². The van der Waals surface area contributed by atoms with E-state index < -0.39 is 30.1 Å². The smallest absolute Gasteiger partial charge is 0.356 e. The van der Waals surface area contributed by atoms with Gasteiger partial charge in [0.05, 0.1) is 32.0 Å². The summed E-state index contributed by atoms with van der Waals surface area (Å²) < 4.78 is 45.5. The molecule has 1 heterocycles. The summed E-state index contributed by atoms with van der Waals surface area (Å²) in [6, 6.07) is -2.55. The molecule has 1 atom stereocenters. The van der Waals surface area contributed by atoms with Gasteiger partial charge in [0.25, 0.3) is 0 Å². The van der Waals surface area contributed by atoms with Crippen LogP contribution in [0, 0.1) is 0 Å². The van der Waals surface area contributed by atoms with Crippen LogP contribution in [0.2, 0.25) is 0 Å². The van der Waals surface area contributed by atoms with E-state index in [0.29, 0.717) is 0 Å². The second-order valence-corrected chi connectivity index (χ2v) is 3.62. The first kappa shape index (κ1) is 7.36. The molecule has 94 valence electrons. The number of carbonyl (C=O) groups excluding carboxylic acids is 1. The van der Waals surface area contributed by atoms with E-state index in [0.717, 1.165) is 0 Å². The highest BCUT2D eigenvalue weighted by Crippen LogP contribution is 2.19. The molecule has 0 unspecified atom stereocenters. The standard InChI is InChI=1S/C14H16N2O2/c1-3-18-14(17)13-9-15-10-16(13)11(2)12-7-5-4-6-8-12/h4-11H,3H2,1-2H3/t11-/m1/s1/i4D,5D,6D,7D,8D. The van der Waals surface area contributed by atoms with E-state index in [-0.39, 0.29) is 29.9 Å². The van der Waals surface area contributed by atoms with E-state index in [1.807, 2.05) is 0 Å². The molecule has 0 radical (unpaired) electrons. The number of carbonyl (C=O) groups is 1. The quantitative estimate of drug-likeness (QED) is 0.782. The fourth-order valence-electron chi connectivity index (χ4n) is 1.58. The molecular formula is C14H16N2O2. The summed E-state index contributed by atoms with van der Waals surface area (Å²) in [6.07, 6.45) is 2.70. The molecule has 0 N–H and O–H groups in total. The number of ether oxygens (including phenoxy) is 1. The average molecular weight is 249 g/mol. The Morgan fingerprint density at radius 2 is 2.22 bits per heavy atom. The summed E-state index contributed by atoms with van der Waals surface area (Å²) in [4.78, 5) is 15.8. The van der Waals surface area contributed by atoms with Gasteiger partial charge in [-0.25, -0.2) is 9.78 Å². The molecule has 18 heavy (non-hydrogen) atoms. The Morgan fingerprint density at radius 1 is 1.50 bits per heavy atom. The van der Waals surface area contributed by atoms with Gasteiger partial charge in [-0.15, -0.1) is 0 Å². The Hall–Kier alpha value is -2.10. The van der Waals surface area contributed by atoms with Crippen molar-refractivity contribution in [3.63, 3.8) is 0 Å². The minimum Gasteiger partial charge on any atom is -0.461 e. The van der Waals surface area contributed by atoms with Crippen molar-refractivity contribution in [3.8, 4) is 0 Å². The van der Waals surface area contributed by atoms with Crippen molar-refractivity contribution in [2.24, 2.45) is 0 Å². The topological polar surface area (TPSA) is 44.1 Å². The molecule has 0 bridgehead atoms. The van der Waals surface area contributed by atoms with Gasteiger partial charge in [-0.05, 0) is 19.4 Å². The first-order chi connectivity index (χ1) is 10.8. The van der Waals surface area contributed by atoms with Crippen molar-refractivity contribution in [1.82, 2.24) is 9.55 Å². The molecule has 1 aromatic heterocycles. The first-order valence-corrected chi connectivity index (χ1v) is 5.57. The van der Waals surface area contributed by atoms with Crippen LogP contribution >= 0.6 is 0 Å². The summed E-state index contributed by atoms with van der Waals surface area (Å²) >= 11 is 0. The van der Waals surface area contributed by atoms with Gasteiger partial charge in [0.1, 0.15) is 5.69 Å². The molecule has 0 aliphatic carbocycles. The van der Waals surface area contributed by atoms with E-state index in [1.54, 1.807) is 13.8 Å². The van der Waals surface area contributed by atoms with E-state index >= 15 is 0 Å². The summed E-state index contributed by atoms with van der Waals surface area (Å²) in [5.41, 5.74) is 0.255.